The zero-order valence-electron chi connectivity index (χ0n) is 8.00. The molecule has 1 atom stereocenters. The third-order valence-electron chi connectivity index (χ3n) is 2.04. The SMILES string of the molecule is CC(C)CC(C)(CCO)C(=O)O. The summed E-state index contributed by atoms with van der Waals surface area (Å²) in [4.78, 5) is 10.8. The van der Waals surface area contributed by atoms with Gasteiger partial charge in [-0.15, -0.1) is 0 Å². The highest BCUT2D eigenvalue weighted by molar-refractivity contribution is 5.74. The van der Waals surface area contributed by atoms with Gasteiger partial charge >= 0.3 is 5.97 Å². The van der Waals surface area contributed by atoms with Gasteiger partial charge in [-0.3, -0.25) is 4.79 Å². The van der Waals surface area contributed by atoms with E-state index in [1.807, 2.05) is 13.8 Å². The third-order valence-corrected chi connectivity index (χ3v) is 2.04. The molecule has 0 aromatic heterocycles. The predicted molar refractivity (Wildman–Crippen MR) is 46.9 cm³/mol. The second kappa shape index (κ2) is 4.45. The van der Waals surface area contributed by atoms with Crippen molar-refractivity contribution < 1.29 is 15.0 Å². The zero-order valence-corrected chi connectivity index (χ0v) is 8.00. The maximum absolute atomic E-state index is 10.8. The van der Waals surface area contributed by atoms with Crippen molar-refractivity contribution in [3.05, 3.63) is 0 Å². The summed E-state index contributed by atoms with van der Waals surface area (Å²) in [6, 6.07) is 0. The van der Waals surface area contributed by atoms with Gasteiger partial charge in [-0.25, -0.2) is 0 Å². The van der Waals surface area contributed by atoms with Crippen LogP contribution in [-0.2, 0) is 4.79 Å². The molecule has 0 aliphatic heterocycles. The van der Waals surface area contributed by atoms with Crippen LogP contribution in [0, 0.1) is 11.3 Å². The fourth-order valence-corrected chi connectivity index (χ4v) is 1.44. The Labute approximate surface area is 73.4 Å². The van der Waals surface area contributed by atoms with Crippen LogP contribution in [0.4, 0.5) is 0 Å². The molecule has 0 aromatic rings. The molecule has 0 saturated heterocycles. The van der Waals surface area contributed by atoms with E-state index < -0.39 is 11.4 Å². The second-order valence-electron chi connectivity index (χ2n) is 3.94. The molecule has 0 bridgehead atoms. The average molecular weight is 174 g/mol. The highest BCUT2D eigenvalue weighted by Gasteiger charge is 2.32. The number of carboxylic acids is 1. The van der Waals surface area contributed by atoms with Crippen molar-refractivity contribution in [3.8, 4) is 0 Å². The van der Waals surface area contributed by atoms with Gasteiger partial charge in [0.2, 0.25) is 0 Å². The minimum Gasteiger partial charge on any atom is -0.481 e. The van der Waals surface area contributed by atoms with E-state index >= 15 is 0 Å². The molecular formula is C9H18O3. The molecule has 72 valence electrons. The van der Waals surface area contributed by atoms with Crippen LogP contribution < -0.4 is 0 Å². The van der Waals surface area contributed by atoms with Crippen LogP contribution in [0.5, 0.6) is 0 Å². The lowest BCUT2D eigenvalue weighted by Crippen LogP contribution is -2.30. The first-order valence-corrected chi connectivity index (χ1v) is 4.26. The number of aliphatic carboxylic acids is 1. The molecule has 0 aromatic carbocycles. The number of hydrogen-bond donors (Lipinski definition) is 2. The topological polar surface area (TPSA) is 57.5 Å². The van der Waals surface area contributed by atoms with E-state index in [-0.39, 0.29) is 6.61 Å². The van der Waals surface area contributed by atoms with Gasteiger partial charge in [0.25, 0.3) is 0 Å². The molecule has 0 radical (unpaired) electrons. The molecule has 1 unspecified atom stereocenters. The van der Waals surface area contributed by atoms with Crippen LogP contribution in [0.2, 0.25) is 0 Å². The monoisotopic (exact) mass is 174 g/mol. The molecule has 0 rings (SSSR count). The molecule has 3 heteroatoms. The van der Waals surface area contributed by atoms with E-state index in [2.05, 4.69) is 0 Å². The first-order valence-electron chi connectivity index (χ1n) is 4.26. The van der Waals surface area contributed by atoms with Gasteiger partial charge in [0, 0.05) is 6.61 Å². The molecular weight excluding hydrogens is 156 g/mol. The Hall–Kier alpha value is -0.570. The van der Waals surface area contributed by atoms with Gasteiger partial charge in [-0.1, -0.05) is 13.8 Å². The van der Waals surface area contributed by atoms with Gasteiger partial charge in [-0.2, -0.15) is 0 Å². The summed E-state index contributed by atoms with van der Waals surface area (Å²) in [6.45, 7) is 5.60. The molecule has 0 heterocycles. The third kappa shape index (κ3) is 3.22. The van der Waals surface area contributed by atoms with Crippen molar-refractivity contribution >= 4 is 5.97 Å². The summed E-state index contributed by atoms with van der Waals surface area (Å²) in [5, 5.41) is 17.6. The summed E-state index contributed by atoms with van der Waals surface area (Å²) in [6.07, 6.45) is 0.948. The number of hydrogen-bond acceptors (Lipinski definition) is 2. The van der Waals surface area contributed by atoms with E-state index in [9.17, 15) is 4.79 Å². The van der Waals surface area contributed by atoms with Crippen molar-refractivity contribution in [3.63, 3.8) is 0 Å². The Bertz CT molecular complexity index is 154. The summed E-state index contributed by atoms with van der Waals surface area (Å²) >= 11 is 0. The molecule has 2 N–H and O–H groups in total. The number of rotatable bonds is 5. The predicted octanol–water partition coefficient (Wildman–Crippen LogP) is 1.51. The number of aliphatic hydroxyl groups is 1. The second-order valence-corrected chi connectivity index (χ2v) is 3.94. The van der Waals surface area contributed by atoms with E-state index in [1.165, 1.54) is 0 Å². The van der Waals surface area contributed by atoms with Crippen LogP contribution in [0.15, 0.2) is 0 Å². The van der Waals surface area contributed by atoms with Crippen molar-refractivity contribution in [1.29, 1.82) is 0 Å². The molecule has 0 saturated carbocycles. The van der Waals surface area contributed by atoms with Gasteiger partial charge < -0.3 is 10.2 Å². The van der Waals surface area contributed by atoms with Crippen molar-refractivity contribution in [1.82, 2.24) is 0 Å². The highest BCUT2D eigenvalue weighted by atomic mass is 16.4. The summed E-state index contributed by atoms with van der Waals surface area (Å²) < 4.78 is 0. The van der Waals surface area contributed by atoms with E-state index in [0.29, 0.717) is 18.8 Å². The van der Waals surface area contributed by atoms with Gasteiger partial charge in [0.15, 0.2) is 0 Å². The normalized spacial score (nSPS) is 16.1. The standard InChI is InChI=1S/C9H18O3/c1-7(2)6-9(3,4-5-10)8(11)12/h7,10H,4-6H2,1-3H3,(H,11,12). The Morgan fingerprint density at radius 1 is 1.50 bits per heavy atom. The van der Waals surface area contributed by atoms with E-state index in [0.717, 1.165) is 0 Å². The summed E-state index contributed by atoms with van der Waals surface area (Å²) in [7, 11) is 0. The molecule has 0 fully saturated rings. The fourth-order valence-electron chi connectivity index (χ4n) is 1.44. The molecule has 0 aliphatic carbocycles. The lowest BCUT2D eigenvalue weighted by Gasteiger charge is -2.25. The molecule has 12 heavy (non-hydrogen) atoms. The first-order chi connectivity index (χ1) is 5.42. The van der Waals surface area contributed by atoms with Crippen molar-refractivity contribution in [2.24, 2.45) is 11.3 Å². The molecule has 3 nitrogen and oxygen atoms in total. The Balaban J connectivity index is 4.28. The van der Waals surface area contributed by atoms with Gasteiger partial charge in [0.1, 0.15) is 0 Å². The van der Waals surface area contributed by atoms with Crippen LogP contribution in [0.3, 0.4) is 0 Å². The summed E-state index contributed by atoms with van der Waals surface area (Å²) in [5.41, 5.74) is -0.761. The quantitative estimate of drug-likeness (QED) is 0.664. The van der Waals surface area contributed by atoms with Crippen LogP contribution >= 0.6 is 0 Å². The zero-order chi connectivity index (χ0) is 9.78. The number of aliphatic hydroxyl groups excluding tert-OH is 1. The number of carboxylic acid groups (broad SMARTS) is 1. The molecule has 0 aliphatic rings. The van der Waals surface area contributed by atoms with E-state index in [1.54, 1.807) is 6.92 Å². The van der Waals surface area contributed by atoms with Crippen LogP contribution in [-0.4, -0.2) is 22.8 Å². The fraction of sp³-hybridized carbons (Fsp3) is 0.889. The van der Waals surface area contributed by atoms with Crippen LogP contribution in [0.1, 0.15) is 33.6 Å². The molecule has 0 spiro atoms. The maximum Gasteiger partial charge on any atom is 0.309 e. The van der Waals surface area contributed by atoms with Crippen molar-refractivity contribution in [2.45, 2.75) is 33.6 Å². The molecule has 0 amide bonds. The Morgan fingerprint density at radius 2 is 2.00 bits per heavy atom. The average Bonchev–Trinajstić information content (AvgIpc) is 1.85. The highest BCUT2D eigenvalue weighted by Crippen LogP contribution is 2.29. The van der Waals surface area contributed by atoms with E-state index in [4.69, 9.17) is 10.2 Å². The largest absolute Gasteiger partial charge is 0.481 e. The minimum atomic E-state index is -0.815. The van der Waals surface area contributed by atoms with Crippen molar-refractivity contribution in [2.75, 3.05) is 6.61 Å². The Morgan fingerprint density at radius 3 is 2.25 bits per heavy atom. The number of carbonyl (C=O) groups is 1. The first kappa shape index (κ1) is 11.4. The van der Waals surface area contributed by atoms with Gasteiger partial charge in [0.05, 0.1) is 5.41 Å². The van der Waals surface area contributed by atoms with Crippen LogP contribution in [0.25, 0.3) is 0 Å². The minimum absolute atomic E-state index is 0.0600. The maximum atomic E-state index is 10.8. The smallest absolute Gasteiger partial charge is 0.309 e. The lowest BCUT2D eigenvalue weighted by molar-refractivity contribution is -0.149. The Kier molecular flexibility index (Phi) is 4.24. The van der Waals surface area contributed by atoms with Gasteiger partial charge in [-0.05, 0) is 25.7 Å². The lowest BCUT2D eigenvalue weighted by atomic mass is 9.79. The summed E-state index contributed by atoms with van der Waals surface area (Å²) in [5.74, 6) is -0.470.